The Balaban J connectivity index is 1.80. The van der Waals surface area contributed by atoms with Crippen LogP contribution in [-0.4, -0.2) is 49.2 Å². The monoisotopic (exact) mass is 288 g/mol. The normalized spacial score (nSPS) is 23.7. The molecule has 0 unspecified atom stereocenters. The molecule has 3 heterocycles. The zero-order valence-corrected chi connectivity index (χ0v) is 13.2. The Kier molecular flexibility index (Phi) is 5.09. The highest BCUT2D eigenvalue weighted by atomic mass is 15.2. The van der Waals surface area contributed by atoms with Crippen LogP contribution in [0, 0.1) is 0 Å². The third-order valence-electron chi connectivity index (χ3n) is 4.75. The minimum Gasteiger partial charge on any atom is -0.354 e. The minimum absolute atomic E-state index is 0.579. The molecule has 4 nitrogen and oxygen atoms in total. The first kappa shape index (κ1) is 14.8. The number of likely N-dealkylation sites (tertiary alicyclic amines) is 1. The van der Waals surface area contributed by atoms with Crippen LogP contribution in [-0.2, 0) is 0 Å². The van der Waals surface area contributed by atoms with Crippen LogP contribution in [0.4, 0.5) is 5.82 Å². The van der Waals surface area contributed by atoms with Crippen LogP contribution in [0.15, 0.2) is 18.3 Å². The highest BCUT2D eigenvalue weighted by molar-refractivity contribution is 5.49. The van der Waals surface area contributed by atoms with Crippen LogP contribution < -0.4 is 10.2 Å². The summed E-state index contributed by atoms with van der Waals surface area (Å²) in [6.45, 7) is 9.05. The smallest absolute Gasteiger partial charge is 0.133 e. The van der Waals surface area contributed by atoms with E-state index in [-0.39, 0.29) is 0 Å². The molecule has 2 saturated heterocycles. The number of anilines is 1. The molecule has 116 valence electrons. The summed E-state index contributed by atoms with van der Waals surface area (Å²) in [5.74, 6) is 1.23. The lowest BCUT2D eigenvalue weighted by Crippen LogP contribution is -2.44. The van der Waals surface area contributed by atoms with E-state index in [1.54, 1.807) is 0 Å². The molecular weight excluding hydrogens is 260 g/mol. The molecule has 2 fully saturated rings. The molecule has 1 aromatic heterocycles. The number of rotatable bonds is 5. The average Bonchev–Trinajstić information content (AvgIpc) is 3.02. The van der Waals surface area contributed by atoms with Crippen molar-refractivity contribution in [3.8, 4) is 0 Å². The molecule has 2 aliphatic heterocycles. The van der Waals surface area contributed by atoms with E-state index in [4.69, 9.17) is 4.98 Å². The van der Waals surface area contributed by atoms with E-state index in [0.717, 1.165) is 26.2 Å². The molecule has 0 aromatic carbocycles. The topological polar surface area (TPSA) is 31.4 Å². The Morgan fingerprint density at radius 1 is 1.29 bits per heavy atom. The van der Waals surface area contributed by atoms with E-state index in [1.807, 2.05) is 6.20 Å². The molecule has 21 heavy (non-hydrogen) atoms. The Hall–Kier alpha value is -1.13. The van der Waals surface area contributed by atoms with Gasteiger partial charge in [0.25, 0.3) is 0 Å². The molecule has 0 spiro atoms. The van der Waals surface area contributed by atoms with Crippen LogP contribution in [0.25, 0.3) is 0 Å². The van der Waals surface area contributed by atoms with Gasteiger partial charge in [-0.1, -0.05) is 19.4 Å². The van der Waals surface area contributed by atoms with Crippen molar-refractivity contribution >= 4 is 5.82 Å². The van der Waals surface area contributed by atoms with E-state index < -0.39 is 0 Å². The fourth-order valence-electron chi connectivity index (χ4n) is 3.62. The van der Waals surface area contributed by atoms with Gasteiger partial charge in [0.15, 0.2) is 0 Å². The first-order chi connectivity index (χ1) is 10.4. The van der Waals surface area contributed by atoms with Crippen LogP contribution >= 0.6 is 0 Å². The van der Waals surface area contributed by atoms with Crippen molar-refractivity contribution in [3.05, 3.63) is 23.9 Å². The van der Waals surface area contributed by atoms with Gasteiger partial charge in [-0.25, -0.2) is 4.98 Å². The van der Waals surface area contributed by atoms with Crippen molar-refractivity contribution in [2.75, 3.05) is 44.2 Å². The maximum absolute atomic E-state index is 4.73. The number of nitrogens with zero attached hydrogens (tertiary/aromatic N) is 3. The summed E-state index contributed by atoms with van der Waals surface area (Å²) in [7, 11) is 0. The summed E-state index contributed by atoms with van der Waals surface area (Å²) < 4.78 is 0. The van der Waals surface area contributed by atoms with Gasteiger partial charge in [0.2, 0.25) is 0 Å². The lowest BCUT2D eigenvalue weighted by molar-refractivity contribution is 0.253. The third kappa shape index (κ3) is 3.38. The quantitative estimate of drug-likeness (QED) is 0.902. The second kappa shape index (κ2) is 7.23. The van der Waals surface area contributed by atoms with Gasteiger partial charge in [0.05, 0.1) is 0 Å². The SMILES string of the molecule is CCCCN1CCC[C@@H]1c1cccnc1N1CCNCC1. The maximum atomic E-state index is 4.73. The molecule has 0 radical (unpaired) electrons. The molecule has 1 aromatic rings. The van der Waals surface area contributed by atoms with Gasteiger partial charge in [0.1, 0.15) is 5.82 Å². The highest BCUT2D eigenvalue weighted by Crippen LogP contribution is 2.36. The van der Waals surface area contributed by atoms with Crippen LogP contribution in [0.3, 0.4) is 0 Å². The fourth-order valence-corrected chi connectivity index (χ4v) is 3.62. The lowest BCUT2D eigenvalue weighted by Gasteiger charge is -2.33. The Morgan fingerprint density at radius 3 is 2.95 bits per heavy atom. The zero-order valence-electron chi connectivity index (χ0n) is 13.2. The Labute approximate surface area is 128 Å². The first-order valence-corrected chi connectivity index (χ1v) is 8.55. The van der Waals surface area contributed by atoms with E-state index in [0.29, 0.717) is 6.04 Å². The Morgan fingerprint density at radius 2 is 2.14 bits per heavy atom. The van der Waals surface area contributed by atoms with Crippen molar-refractivity contribution in [1.82, 2.24) is 15.2 Å². The number of aromatic nitrogens is 1. The predicted octanol–water partition coefficient (Wildman–Crippen LogP) is 2.43. The van der Waals surface area contributed by atoms with Gasteiger partial charge in [-0.15, -0.1) is 0 Å². The van der Waals surface area contributed by atoms with E-state index >= 15 is 0 Å². The van der Waals surface area contributed by atoms with Gasteiger partial charge in [-0.2, -0.15) is 0 Å². The van der Waals surface area contributed by atoms with Gasteiger partial charge in [0, 0.05) is 44.0 Å². The van der Waals surface area contributed by atoms with Crippen LogP contribution in [0.2, 0.25) is 0 Å². The molecule has 3 rings (SSSR count). The van der Waals surface area contributed by atoms with Crippen molar-refractivity contribution in [1.29, 1.82) is 0 Å². The summed E-state index contributed by atoms with van der Waals surface area (Å²) in [6, 6.07) is 4.99. The summed E-state index contributed by atoms with van der Waals surface area (Å²) in [6.07, 6.45) is 7.14. The summed E-state index contributed by atoms with van der Waals surface area (Å²) in [5, 5.41) is 3.43. The zero-order chi connectivity index (χ0) is 14.5. The van der Waals surface area contributed by atoms with E-state index in [1.165, 1.54) is 50.2 Å². The summed E-state index contributed by atoms with van der Waals surface area (Å²) in [5.41, 5.74) is 1.45. The Bertz CT molecular complexity index is 442. The molecular formula is C17H28N4. The number of piperazine rings is 1. The number of hydrogen-bond acceptors (Lipinski definition) is 4. The maximum Gasteiger partial charge on any atom is 0.133 e. The number of pyridine rings is 1. The van der Waals surface area contributed by atoms with E-state index in [2.05, 4.69) is 34.2 Å². The molecule has 2 aliphatic rings. The second-order valence-electron chi connectivity index (χ2n) is 6.20. The van der Waals surface area contributed by atoms with Crippen molar-refractivity contribution in [2.45, 2.75) is 38.6 Å². The van der Waals surface area contributed by atoms with Gasteiger partial charge >= 0.3 is 0 Å². The largest absolute Gasteiger partial charge is 0.354 e. The van der Waals surface area contributed by atoms with Gasteiger partial charge in [-0.05, 0) is 38.4 Å². The fraction of sp³-hybridized carbons (Fsp3) is 0.706. The predicted molar refractivity (Wildman–Crippen MR) is 87.8 cm³/mol. The third-order valence-corrected chi connectivity index (χ3v) is 4.75. The average molecular weight is 288 g/mol. The molecule has 0 bridgehead atoms. The molecule has 0 saturated carbocycles. The molecule has 1 N–H and O–H groups in total. The molecule has 1 atom stereocenters. The number of unbranched alkanes of at least 4 members (excludes halogenated alkanes) is 1. The standard InChI is InChI=1S/C17H28N4/c1-2-3-11-20-12-5-7-16(20)15-6-4-8-19-17(15)21-13-9-18-10-14-21/h4,6,8,16,18H,2-3,5,7,9-14H2,1H3/t16-/m1/s1. The number of nitrogens with one attached hydrogen (secondary N) is 1. The van der Waals surface area contributed by atoms with Crippen LogP contribution in [0.1, 0.15) is 44.2 Å². The van der Waals surface area contributed by atoms with Gasteiger partial charge < -0.3 is 10.2 Å². The molecule has 0 aliphatic carbocycles. The van der Waals surface area contributed by atoms with Crippen LogP contribution in [0.5, 0.6) is 0 Å². The van der Waals surface area contributed by atoms with Crippen molar-refractivity contribution in [2.24, 2.45) is 0 Å². The highest BCUT2D eigenvalue weighted by Gasteiger charge is 2.29. The van der Waals surface area contributed by atoms with Crippen molar-refractivity contribution in [3.63, 3.8) is 0 Å². The summed E-state index contributed by atoms with van der Waals surface area (Å²) in [4.78, 5) is 9.87. The first-order valence-electron chi connectivity index (χ1n) is 8.55. The van der Waals surface area contributed by atoms with Gasteiger partial charge in [-0.3, -0.25) is 4.90 Å². The second-order valence-corrected chi connectivity index (χ2v) is 6.20. The lowest BCUT2D eigenvalue weighted by atomic mass is 10.0. The molecule has 4 heteroatoms. The minimum atomic E-state index is 0.579. The van der Waals surface area contributed by atoms with Crippen molar-refractivity contribution < 1.29 is 0 Å². The number of hydrogen-bond donors (Lipinski definition) is 1. The van der Waals surface area contributed by atoms with E-state index in [9.17, 15) is 0 Å². The molecule has 0 amide bonds. The summed E-state index contributed by atoms with van der Waals surface area (Å²) >= 11 is 0.